The van der Waals surface area contributed by atoms with Crippen LogP contribution in [0.2, 0.25) is 0 Å². The number of thioether (sulfide) groups is 1. The van der Waals surface area contributed by atoms with Gasteiger partial charge in [-0.2, -0.15) is 5.26 Å². The average molecular weight is 323 g/mol. The van der Waals surface area contributed by atoms with Crippen molar-refractivity contribution in [2.24, 2.45) is 0 Å². The van der Waals surface area contributed by atoms with Crippen molar-refractivity contribution in [2.75, 3.05) is 7.11 Å². The molecule has 0 radical (unpaired) electrons. The predicted molar refractivity (Wildman–Crippen MR) is 87.0 cm³/mol. The smallest absolute Gasteiger partial charge is 0.277 e. The van der Waals surface area contributed by atoms with E-state index < -0.39 is 0 Å². The maximum Gasteiger partial charge on any atom is 0.277 e. The van der Waals surface area contributed by atoms with Crippen molar-refractivity contribution in [1.82, 2.24) is 10.2 Å². The lowest BCUT2D eigenvalue weighted by molar-refractivity contribution is 0.414. The summed E-state index contributed by atoms with van der Waals surface area (Å²) in [6, 6.07) is 17.1. The Balaban J connectivity index is 1.73. The highest BCUT2D eigenvalue weighted by molar-refractivity contribution is 7.98. The number of aromatic nitrogens is 2. The molecule has 1 aromatic heterocycles. The first-order valence-electron chi connectivity index (χ1n) is 6.89. The van der Waals surface area contributed by atoms with Crippen molar-refractivity contribution in [3.63, 3.8) is 0 Å². The molecule has 0 saturated carbocycles. The summed E-state index contributed by atoms with van der Waals surface area (Å²) in [7, 11) is 1.61. The second kappa shape index (κ2) is 6.99. The Bertz CT molecular complexity index is 855. The van der Waals surface area contributed by atoms with Crippen molar-refractivity contribution in [3.8, 4) is 23.3 Å². The first kappa shape index (κ1) is 15.1. The molecule has 114 valence electrons. The molecule has 3 aromatic rings. The van der Waals surface area contributed by atoms with E-state index in [4.69, 9.17) is 14.4 Å². The third-order valence-electron chi connectivity index (χ3n) is 3.21. The summed E-state index contributed by atoms with van der Waals surface area (Å²) in [5.41, 5.74) is 2.41. The lowest BCUT2D eigenvalue weighted by atomic mass is 10.1. The predicted octanol–water partition coefficient (Wildman–Crippen LogP) is 3.91. The minimum atomic E-state index is 0.444. The fourth-order valence-corrected chi connectivity index (χ4v) is 2.80. The molecule has 5 nitrogen and oxygen atoms in total. The minimum absolute atomic E-state index is 0.444. The molecule has 0 aliphatic heterocycles. The van der Waals surface area contributed by atoms with Crippen LogP contribution in [0.15, 0.2) is 58.2 Å². The van der Waals surface area contributed by atoms with E-state index in [0.717, 1.165) is 16.9 Å². The fourth-order valence-electron chi connectivity index (χ4n) is 2.04. The molecular formula is C17H13N3O2S. The number of nitrogens with zero attached hydrogens (tertiary/aromatic N) is 3. The topological polar surface area (TPSA) is 71.9 Å². The van der Waals surface area contributed by atoms with E-state index in [1.807, 2.05) is 42.5 Å². The van der Waals surface area contributed by atoms with Crippen molar-refractivity contribution < 1.29 is 9.15 Å². The van der Waals surface area contributed by atoms with Gasteiger partial charge in [0.1, 0.15) is 5.75 Å². The van der Waals surface area contributed by atoms with Gasteiger partial charge in [-0.15, -0.1) is 10.2 Å². The summed E-state index contributed by atoms with van der Waals surface area (Å²) >= 11 is 1.41. The monoisotopic (exact) mass is 323 g/mol. The van der Waals surface area contributed by atoms with E-state index in [1.165, 1.54) is 11.8 Å². The molecule has 0 aliphatic carbocycles. The van der Waals surface area contributed by atoms with Gasteiger partial charge in [0, 0.05) is 11.3 Å². The summed E-state index contributed by atoms with van der Waals surface area (Å²) in [5, 5.41) is 17.7. The number of hydrogen-bond acceptors (Lipinski definition) is 6. The second-order valence-electron chi connectivity index (χ2n) is 4.66. The molecule has 0 amide bonds. The Morgan fingerprint density at radius 2 is 2.04 bits per heavy atom. The van der Waals surface area contributed by atoms with Crippen LogP contribution in [0.25, 0.3) is 11.5 Å². The molecule has 0 atom stereocenters. The summed E-state index contributed by atoms with van der Waals surface area (Å²) in [4.78, 5) is 0. The first-order valence-corrected chi connectivity index (χ1v) is 7.87. The zero-order valence-electron chi connectivity index (χ0n) is 12.4. The van der Waals surface area contributed by atoms with Gasteiger partial charge >= 0.3 is 0 Å². The number of rotatable bonds is 5. The van der Waals surface area contributed by atoms with Crippen LogP contribution in [0.5, 0.6) is 5.75 Å². The van der Waals surface area contributed by atoms with Gasteiger partial charge in [0.2, 0.25) is 5.89 Å². The van der Waals surface area contributed by atoms with Crippen molar-refractivity contribution >= 4 is 11.8 Å². The molecule has 0 saturated heterocycles. The molecule has 23 heavy (non-hydrogen) atoms. The van der Waals surface area contributed by atoms with Crippen LogP contribution in [0.3, 0.4) is 0 Å². The Kier molecular flexibility index (Phi) is 4.60. The van der Waals surface area contributed by atoms with Crippen molar-refractivity contribution in [2.45, 2.75) is 11.0 Å². The van der Waals surface area contributed by atoms with Gasteiger partial charge in [-0.1, -0.05) is 36.0 Å². The summed E-state index contributed by atoms with van der Waals surface area (Å²) in [6.07, 6.45) is 0. The largest absolute Gasteiger partial charge is 0.497 e. The minimum Gasteiger partial charge on any atom is -0.497 e. The van der Waals surface area contributed by atoms with E-state index in [0.29, 0.717) is 22.4 Å². The maximum absolute atomic E-state index is 9.10. The molecule has 3 rings (SSSR count). The van der Waals surface area contributed by atoms with Crippen LogP contribution < -0.4 is 4.74 Å². The van der Waals surface area contributed by atoms with E-state index in [-0.39, 0.29) is 0 Å². The molecule has 0 spiro atoms. The fraction of sp³-hybridized carbons (Fsp3) is 0.118. The van der Waals surface area contributed by atoms with Crippen LogP contribution in [0.1, 0.15) is 11.1 Å². The molecular weight excluding hydrogens is 310 g/mol. The van der Waals surface area contributed by atoms with E-state index in [2.05, 4.69) is 16.3 Å². The molecule has 6 heteroatoms. The summed E-state index contributed by atoms with van der Waals surface area (Å²) < 4.78 is 10.9. The van der Waals surface area contributed by atoms with E-state index in [9.17, 15) is 0 Å². The quantitative estimate of drug-likeness (QED) is 0.663. The highest BCUT2D eigenvalue weighted by Crippen LogP contribution is 2.28. The number of benzene rings is 2. The van der Waals surface area contributed by atoms with Gasteiger partial charge in [-0.25, -0.2) is 0 Å². The number of hydrogen-bond donors (Lipinski definition) is 0. The molecule has 0 N–H and O–H groups in total. The molecule has 2 aromatic carbocycles. The zero-order chi connectivity index (χ0) is 16.1. The number of ether oxygens (including phenoxy) is 1. The Hall–Kier alpha value is -2.78. The van der Waals surface area contributed by atoms with E-state index in [1.54, 1.807) is 13.2 Å². The third kappa shape index (κ3) is 3.52. The van der Waals surface area contributed by atoms with Crippen molar-refractivity contribution in [1.29, 1.82) is 5.26 Å². The normalized spacial score (nSPS) is 10.3. The maximum atomic E-state index is 9.10. The molecule has 1 heterocycles. The van der Waals surface area contributed by atoms with Crippen LogP contribution >= 0.6 is 11.8 Å². The number of nitriles is 1. The van der Waals surface area contributed by atoms with Gasteiger partial charge in [0.15, 0.2) is 0 Å². The van der Waals surface area contributed by atoms with Crippen LogP contribution in [0, 0.1) is 11.3 Å². The highest BCUT2D eigenvalue weighted by Gasteiger charge is 2.11. The molecule has 0 fully saturated rings. The van der Waals surface area contributed by atoms with Gasteiger partial charge in [0.05, 0.1) is 18.7 Å². The lowest BCUT2D eigenvalue weighted by Crippen LogP contribution is -1.86. The Labute approximate surface area is 137 Å². The first-order chi connectivity index (χ1) is 11.3. The van der Waals surface area contributed by atoms with E-state index >= 15 is 0 Å². The SMILES string of the molecule is COc1cccc(-c2nnc(SCc3ccccc3C#N)o2)c1. The zero-order valence-corrected chi connectivity index (χ0v) is 13.2. The second-order valence-corrected chi connectivity index (χ2v) is 5.59. The van der Waals surface area contributed by atoms with Gasteiger partial charge in [0.25, 0.3) is 5.22 Å². The third-order valence-corrected chi connectivity index (χ3v) is 4.08. The van der Waals surface area contributed by atoms with Crippen molar-refractivity contribution in [3.05, 3.63) is 59.7 Å². The standard InChI is InChI=1S/C17H13N3O2S/c1-21-15-8-4-7-12(9-15)16-19-20-17(22-16)23-11-14-6-3-2-5-13(14)10-18/h2-9H,11H2,1H3. The van der Waals surface area contributed by atoms with Crippen LogP contribution in [-0.4, -0.2) is 17.3 Å². The van der Waals surface area contributed by atoms with Gasteiger partial charge in [-0.3, -0.25) is 0 Å². The van der Waals surface area contributed by atoms with Gasteiger partial charge < -0.3 is 9.15 Å². The van der Waals surface area contributed by atoms with Crippen LogP contribution in [0.4, 0.5) is 0 Å². The van der Waals surface area contributed by atoms with Crippen LogP contribution in [-0.2, 0) is 5.75 Å². The number of methoxy groups -OCH3 is 1. The average Bonchev–Trinajstić information content (AvgIpc) is 3.09. The summed E-state index contributed by atoms with van der Waals surface area (Å²) in [6.45, 7) is 0. The molecule has 0 aliphatic rings. The highest BCUT2D eigenvalue weighted by atomic mass is 32.2. The molecule has 0 bridgehead atoms. The Morgan fingerprint density at radius 1 is 1.17 bits per heavy atom. The summed E-state index contributed by atoms with van der Waals surface area (Å²) in [5.74, 6) is 1.78. The Morgan fingerprint density at radius 3 is 2.87 bits per heavy atom. The molecule has 0 unspecified atom stereocenters. The lowest BCUT2D eigenvalue weighted by Gasteiger charge is -2.01. The van der Waals surface area contributed by atoms with Gasteiger partial charge in [-0.05, 0) is 29.8 Å².